The molecule has 2 aromatic rings. The molecule has 3 rings (SSSR count). The summed E-state index contributed by atoms with van der Waals surface area (Å²) in [4.78, 5) is 17.9. The fraction of sp³-hybridized carbons (Fsp3) is 0.250. The summed E-state index contributed by atoms with van der Waals surface area (Å²) in [5.74, 6) is -1.46. The van der Waals surface area contributed by atoms with Crippen LogP contribution in [0.4, 0.5) is 8.78 Å². The summed E-state index contributed by atoms with van der Waals surface area (Å²) in [5, 5.41) is 0. The molecule has 0 unspecified atom stereocenters. The normalized spacial score (nSPS) is 14.0. The first kappa shape index (κ1) is 13.7. The Kier molecular flexibility index (Phi) is 3.64. The van der Waals surface area contributed by atoms with E-state index in [0.29, 0.717) is 5.56 Å². The number of benzene rings is 1. The zero-order chi connectivity index (χ0) is 14.8. The van der Waals surface area contributed by atoms with Crippen molar-refractivity contribution in [2.24, 2.45) is 0 Å². The Labute approximate surface area is 121 Å². The number of hydrogen-bond acceptors (Lipinski definition) is 2. The van der Waals surface area contributed by atoms with Gasteiger partial charge in [0.25, 0.3) is 5.91 Å². The molecule has 0 aliphatic heterocycles. The molecule has 0 bridgehead atoms. The lowest BCUT2D eigenvalue weighted by atomic mass is 10.1. The molecule has 1 fully saturated rings. The molecule has 5 heteroatoms. The number of aromatic nitrogens is 1. The van der Waals surface area contributed by atoms with Crippen LogP contribution in [0.3, 0.4) is 0 Å². The number of carbonyl (C=O) groups excluding carboxylic acids is 1. The van der Waals surface area contributed by atoms with Gasteiger partial charge in [-0.3, -0.25) is 9.78 Å². The number of rotatable bonds is 4. The van der Waals surface area contributed by atoms with E-state index in [1.807, 2.05) is 0 Å². The molecule has 0 N–H and O–H groups in total. The Bertz CT molecular complexity index is 636. The highest BCUT2D eigenvalue weighted by molar-refractivity contribution is 5.94. The number of nitrogens with zero attached hydrogens (tertiary/aromatic N) is 2. The van der Waals surface area contributed by atoms with Crippen LogP contribution in [-0.2, 0) is 6.54 Å². The minimum absolute atomic E-state index is 0.0513. The van der Waals surface area contributed by atoms with E-state index in [-0.39, 0.29) is 24.1 Å². The summed E-state index contributed by atoms with van der Waals surface area (Å²) in [7, 11) is 0. The fourth-order valence-electron chi connectivity index (χ4n) is 2.27. The third-order valence-electron chi connectivity index (χ3n) is 3.57. The van der Waals surface area contributed by atoms with Gasteiger partial charge in [0, 0.05) is 29.6 Å². The molecule has 1 saturated carbocycles. The van der Waals surface area contributed by atoms with Crippen LogP contribution in [0.25, 0.3) is 0 Å². The minimum atomic E-state index is -0.622. The summed E-state index contributed by atoms with van der Waals surface area (Å²) in [6.45, 7) is -0.0513. The summed E-state index contributed by atoms with van der Waals surface area (Å²) in [6.07, 6.45) is 4.80. The van der Waals surface area contributed by atoms with Crippen molar-refractivity contribution in [3.63, 3.8) is 0 Å². The molecule has 1 aliphatic rings. The van der Waals surface area contributed by atoms with Crippen molar-refractivity contribution in [1.82, 2.24) is 9.88 Å². The highest BCUT2D eigenvalue weighted by atomic mass is 19.1. The topological polar surface area (TPSA) is 33.2 Å². The quantitative estimate of drug-likeness (QED) is 0.865. The lowest BCUT2D eigenvalue weighted by Crippen LogP contribution is -2.33. The Morgan fingerprint density at radius 1 is 1.14 bits per heavy atom. The average molecular weight is 288 g/mol. The van der Waals surface area contributed by atoms with Gasteiger partial charge in [-0.1, -0.05) is 6.07 Å². The lowest BCUT2D eigenvalue weighted by Gasteiger charge is -2.23. The van der Waals surface area contributed by atoms with Crippen molar-refractivity contribution >= 4 is 5.91 Å². The Morgan fingerprint density at radius 2 is 1.76 bits per heavy atom. The Hall–Kier alpha value is -2.30. The van der Waals surface area contributed by atoms with Crippen molar-refractivity contribution < 1.29 is 13.6 Å². The summed E-state index contributed by atoms with van der Waals surface area (Å²) in [6, 6.07) is 7.01. The predicted molar refractivity (Wildman–Crippen MR) is 73.5 cm³/mol. The first-order chi connectivity index (χ1) is 10.2. The van der Waals surface area contributed by atoms with Gasteiger partial charge in [-0.15, -0.1) is 0 Å². The Morgan fingerprint density at radius 3 is 2.33 bits per heavy atom. The van der Waals surface area contributed by atoms with Crippen LogP contribution in [0.5, 0.6) is 0 Å². The zero-order valence-electron chi connectivity index (χ0n) is 11.3. The highest BCUT2D eigenvalue weighted by Crippen LogP contribution is 2.30. The van der Waals surface area contributed by atoms with Gasteiger partial charge in [-0.25, -0.2) is 8.78 Å². The molecule has 1 amide bonds. The molecule has 21 heavy (non-hydrogen) atoms. The Balaban J connectivity index is 1.88. The van der Waals surface area contributed by atoms with E-state index in [4.69, 9.17) is 0 Å². The first-order valence-electron chi connectivity index (χ1n) is 6.80. The predicted octanol–water partition coefficient (Wildman–Crippen LogP) is 3.16. The SMILES string of the molecule is O=C(c1ccncc1)N(Cc1c(F)cccc1F)C1CC1. The maximum Gasteiger partial charge on any atom is 0.254 e. The molecule has 1 aliphatic carbocycles. The van der Waals surface area contributed by atoms with Crippen molar-refractivity contribution in [2.45, 2.75) is 25.4 Å². The molecule has 108 valence electrons. The third kappa shape index (κ3) is 2.91. The van der Waals surface area contributed by atoms with Crippen LogP contribution in [0.1, 0.15) is 28.8 Å². The smallest absolute Gasteiger partial charge is 0.254 e. The van der Waals surface area contributed by atoms with Gasteiger partial charge < -0.3 is 4.90 Å². The summed E-state index contributed by atoms with van der Waals surface area (Å²) >= 11 is 0. The lowest BCUT2D eigenvalue weighted by molar-refractivity contribution is 0.0726. The molecule has 0 spiro atoms. The van der Waals surface area contributed by atoms with Crippen molar-refractivity contribution in [2.75, 3.05) is 0 Å². The second-order valence-electron chi connectivity index (χ2n) is 5.10. The van der Waals surface area contributed by atoms with E-state index in [2.05, 4.69) is 4.98 Å². The van der Waals surface area contributed by atoms with E-state index >= 15 is 0 Å². The molecular weight excluding hydrogens is 274 g/mol. The average Bonchev–Trinajstić information content (AvgIpc) is 3.32. The van der Waals surface area contributed by atoms with Crippen LogP contribution in [-0.4, -0.2) is 21.8 Å². The van der Waals surface area contributed by atoms with E-state index in [9.17, 15) is 13.6 Å². The fourth-order valence-corrected chi connectivity index (χ4v) is 2.27. The first-order valence-corrected chi connectivity index (χ1v) is 6.80. The molecule has 0 atom stereocenters. The van der Waals surface area contributed by atoms with Gasteiger partial charge in [0.2, 0.25) is 0 Å². The molecule has 1 heterocycles. The van der Waals surface area contributed by atoms with Gasteiger partial charge in [0.15, 0.2) is 0 Å². The van der Waals surface area contributed by atoms with Gasteiger partial charge in [-0.05, 0) is 37.1 Å². The second kappa shape index (κ2) is 5.60. The number of carbonyl (C=O) groups is 1. The minimum Gasteiger partial charge on any atom is -0.331 e. The number of hydrogen-bond donors (Lipinski definition) is 0. The maximum atomic E-state index is 13.8. The van der Waals surface area contributed by atoms with Gasteiger partial charge in [-0.2, -0.15) is 0 Å². The van der Waals surface area contributed by atoms with Gasteiger partial charge in [0.1, 0.15) is 11.6 Å². The molecule has 1 aromatic carbocycles. The van der Waals surface area contributed by atoms with Crippen LogP contribution >= 0.6 is 0 Å². The monoisotopic (exact) mass is 288 g/mol. The van der Waals surface area contributed by atoms with Crippen LogP contribution in [0.2, 0.25) is 0 Å². The van der Waals surface area contributed by atoms with E-state index < -0.39 is 11.6 Å². The van der Waals surface area contributed by atoms with Gasteiger partial charge >= 0.3 is 0 Å². The molecule has 3 nitrogen and oxygen atoms in total. The van der Waals surface area contributed by atoms with E-state index in [0.717, 1.165) is 12.8 Å². The van der Waals surface area contributed by atoms with Crippen molar-refractivity contribution in [3.8, 4) is 0 Å². The number of pyridine rings is 1. The summed E-state index contributed by atoms with van der Waals surface area (Å²) in [5.41, 5.74) is 0.417. The third-order valence-corrected chi connectivity index (χ3v) is 3.57. The maximum absolute atomic E-state index is 13.8. The second-order valence-corrected chi connectivity index (χ2v) is 5.10. The van der Waals surface area contributed by atoms with Crippen molar-refractivity contribution in [3.05, 3.63) is 65.5 Å². The molecule has 0 radical (unpaired) electrons. The largest absolute Gasteiger partial charge is 0.331 e. The van der Waals surface area contributed by atoms with E-state index in [1.165, 1.54) is 35.5 Å². The van der Waals surface area contributed by atoms with Crippen LogP contribution in [0, 0.1) is 11.6 Å². The number of halogens is 2. The van der Waals surface area contributed by atoms with Crippen LogP contribution < -0.4 is 0 Å². The van der Waals surface area contributed by atoms with E-state index in [1.54, 1.807) is 12.1 Å². The number of amides is 1. The molecule has 0 saturated heterocycles. The highest BCUT2D eigenvalue weighted by Gasteiger charge is 2.34. The summed E-state index contributed by atoms with van der Waals surface area (Å²) < 4.78 is 27.5. The molecule has 1 aromatic heterocycles. The molecular formula is C16H14F2N2O. The van der Waals surface area contributed by atoms with Gasteiger partial charge in [0.05, 0.1) is 6.54 Å². The zero-order valence-corrected chi connectivity index (χ0v) is 11.3. The standard InChI is InChI=1S/C16H14F2N2O/c17-14-2-1-3-15(18)13(14)10-20(12-4-5-12)16(21)11-6-8-19-9-7-11/h1-3,6-9,12H,4-5,10H2. The van der Waals surface area contributed by atoms with Crippen LogP contribution in [0.15, 0.2) is 42.7 Å². The van der Waals surface area contributed by atoms with Crippen molar-refractivity contribution in [1.29, 1.82) is 0 Å².